The van der Waals surface area contributed by atoms with Gasteiger partial charge in [-0.2, -0.15) is 0 Å². The first-order valence-corrected chi connectivity index (χ1v) is 7.93. The summed E-state index contributed by atoms with van der Waals surface area (Å²) in [5.74, 6) is -1.78. The van der Waals surface area contributed by atoms with Gasteiger partial charge in [-0.25, -0.2) is 4.79 Å². The van der Waals surface area contributed by atoms with E-state index in [0.717, 1.165) is 5.56 Å². The Hall–Kier alpha value is -3.67. The fourth-order valence-electron chi connectivity index (χ4n) is 2.45. The summed E-state index contributed by atoms with van der Waals surface area (Å²) < 4.78 is 0. The lowest BCUT2D eigenvalue weighted by molar-refractivity contribution is -0.129. The first-order valence-electron chi connectivity index (χ1n) is 7.93. The number of rotatable bonds is 4. The molecule has 3 N–H and O–H groups in total. The highest BCUT2D eigenvalue weighted by atomic mass is 16.4. The minimum absolute atomic E-state index is 0.113. The maximum atomic E-state index is 12.2. The minimum Gasteiger partial charge on any atom is -0.478 e. The van der Waals surface area contributed by atoms with E-state index in [1.807, 2.05) is 30.3 Å². The van der Waals surface area contributed by atoms with Crippen molar-refractivity contribution in [1.29, 1.82) is 0 Å². The van der Waals surface area contributed by atoms with Crippen LogP contribution in [0.15, 0.2) is 66.4 Å². The zero-order chi connectivity index (χ0) is 18.5. The Morgan fingerprint density at radius 2 is 1.65 bits per heavy atom. The molecule has 1 fully saturated rings. The lowest BCUT2D eigenvalue weighted by Crippen LogP contribution is -2.53. The van der Waals surface area contributed by atoms with E-state index in [1.165, 1.54) is 18.2 Å². The number of nitrogens with one attached hydrogen (secondary N) is 2. The molecule has 1 aliphatic rings. The number of aromatic carboxylic acids is 1. The first kappa shape index (κ1) is 17.2. The van der Waals surface area contributed by atoms with Crippen LogP contribution >= 0.6 is 0 Å². The Balaban J connectivity index is 1.72. The second-order valence-electron chi connectivity index (χ2n) is 5.70. The molecule has 1 unspecified atom stereocenters. The molecule has 0 bridgehead atoms. The molecule has 0 saturated carbocycles. The van der Waals surface area contributed by atoms with Crippen molar-refractivity contribution in [1.82, 2.24) is 10.6 Å². The van der Waals surface area contributed by atoms with E-state index < -0.39 is 17.9 Å². The Kier molecular flexibility index (Phi) is 4.94. The van der Waals surface area contributed by atoms with E-state index in [2.05, 4.69) is 10.6 Å². The second kappa shape index (κ2) is 7.48. The molecular weight excluding hydrogens is 332 g/mol. The van der Waals surface area contributed by atoms with Gasteiger partial charge in [0.2, 0.25) is 0 Å². The molecule has 2 aromatic carbocycles. The fraction of sp³-hybridized carbons (Fsp3) is 0.0500. The summed E-state index contributed by atoms with van der Waals surface area (Å²) in [4.78, 5) is 35.3. The van der Waals surface area contributed by atoms with Gasteiger partial charge in [0.05, 0.1) is 5.56 Å². The number of carboxylic acid groups (broad SMARTS) is 1. The van der Waals surface area contributed by atoms with Gasteiger partial charge < -0.3 is 15.7 Å². The van der Waals surface area contributed by atoms with Crippen LogP contribution in [0.5, 0.6) is 0 Å². The highest BCUT2D eigenvalue weighted by Crippen LogP contribution is 2.12. The molecule has 26 heavy (non-hydrogen) atoms. The van der Waals surface area contributed by atoms with Gasteiger partial charge >= 0.3 is 5.97 Å². The van der Waals surface area contributed by atoms with Crippen LogP contribution < -0.4 is 10.6 Å². The summed E-state index contributed by atoms with van der Waals surface area (Å²) in [5, 5.41) is 14.1. The van der Waals surface area contributed by atoms with Crippen LogP contribution in [0.3, 0.4) is 0 Å². The molecule has 0 aliphatic carbocycles. The molecule has 1 saturated heterocycles. The van der Waals surface area contributed by atoms with Crippen LogP contribution in [0.1, 0.15) is 21.5 Å². The summed E-state index contributed by atoms with van der Waals surface area (Å²) in [7, 11) is 0. The standard InChI is InChI=1S/C20H16N2O4/c23-18-16(11-8-13-4-2-1-3-5-13)21-19(24)17(22-18)12-14-6-9-15(10-7-14)20(25)26/h1-12,16H,(H,21,24)(H,22,23)(H,25,26). The highest BCUT2D eigenvalue weighted by molar-refractivity contribution is 6.08. The Morgan fingerprint density at radius 1 is 0.962 bits per heavy atom. The van der Waals surface area contributed by atoms with Gasteiger partial charge in [-0.3, -0.25) is 9.59 Å². The van der Waals surface area contributed by atoms with Crippen LogP contribution in [0.4, 0.5) is 0 Å². The van der Waals surface area contributed by atoms with Gasteiger partial charge in [0.25, 0.3) is 11.8 Å². The molecule has 6 heteroatoms. The zero-order valence-electron chi connectivity index (χ0n) is 13.7. The molecule has 2 aromatic rings. The summed E-state index contributed by atoms with van der Waals surface area (Å²) in [5.41, 5.74) is 1.80. The third kappa shape index (κ3) is 4.05. The number of carbonyl (C=O) groups excluding carboxylic acids is 2. The number of carbonyl (C=O) groups is 3. The average Bonchev–Trinajstić information content (AvgIpc) is 2.64. The number of hydrogen-bond donors (Lipinski definition) is 3. The van der Waals surface area contributed by atoms with E-state index in [1.54, 1.807) is 24.3 Å². The largest absolute Gasteiger partial charge is 0.478 e. The van der Waals surface area contributed by atoms with Gasteiger partial charge in [0.1, 0.15) is 11.7 Å². The molecule has 1 heterocycles. The summed E-state index contributed by atoms with van der Waals surface area (Å²) >= 11 is 0. The van der Waals surface area contributed by atoms with E-state index in [-0.39, 0.29) is 17.2 Å². The molecule has 2 amide bonds. The van der Waals surface area contributed by atoms with Crippen LogP contribution in [0, 0.1) is 0 Å². The molecule has 0 aromatic heterocycles. The van der Waals surface area contributed by atoms with E-state index in [9.17, 15) is 14.4 Å². The van der Waals surface area contributed by atoms with E-state index in [0.29, 0.717) is 5.56 Å². The van der Waals surface area contributed by atoms with E-state index >= 15 is 0 Å². The van der Waals surface area contributed by atoms with Gasteiger partial charge in [0.15, 0.2) is 0 Å². The van der Waals surface area contributed by atoms with Gasteiger partial charge in [-0.15, -0.1) is 0 Å². The van der Waals surface area contributed by atoms with Gasteiger partial charge in [-0.1, -0.05) is 54.6 Å². The van der Waals surface area contributed by atoms with Crippen molar-refractivity contribution in [3.8, 4) is 0 Å². The van der Waals surface area contributed by atoms with Crippen LogP contribution in [-0.4, -0.2) is 28.9 Å². The van der Waals surface area contributed by atoms with Crippen molar-refractivity contribution < 1.29 is 19.5 Å². The topological polar surface area (TPSA) is 95.5 Å². The summed E-state index contributed by atoms with van der Waals surface area (Å²) in [6.07, 6.45) is 4.89. The molecule has 6 nitrogen and oxygen atoms in total. The maximum Gasteiger partial charge on any atom is 0.335 e. The van der Waals surface area contributed by atoms with Crippen LogP contribution in [0.25, 0.3) is 12.2 Å². The lowest BCUT2D eigenvalue weighted by Gasteiger charge is -2.22. The molecule has 1 aliphatic heterocycles. The predicted octanol–water partition coefficient (Wildman–Crippen LogP) is 2.05. The molecular formula is C20H16N2O4. The summed E-state index contributed by atoms with van der Waals surface area (Å²) in [6.45, 7) is 0. The SMILES string of the molecule is O=C1NC(C=Cc2ccccc2)C(=O)NC1=Cc1ccc(C(=O)O)cc1. The Labute approximate surface area is 149 Å². The number of hydrogen-bond acceptors (Lipinski definition) is 3. The lowest BCUT2D eigenvalue weighted by atomic mass is 10.1. The summed E-state index contributed by atoms with van der Waals surface area (Å²) in [6, 6.07) is 14.7. The molecule has 130 valence electrons. The Morgan fingerprint density at radius 3 is 2.31 bits per heavy atom. The molecule has 0 radical (unpaired) electrons. The quantitative estimate of drug-likeness (QED) is 0.737. The predicted molar refractivity (Wildman–Crippen MR) is 96.9 cm³/mol. The zero-order valence-corrected chi connectivity index (χ0v) is 13.7. The molecule has 1 atom stereocenters. The van der Waals surface area contributed by atoms with Crippen LogP contribution in [0.2, 0.25) is 0 Å². The van der Waals surface area contributed by atoms with Crippen molar-refractivity contribution in [3.05, 3.63) is 83.1 Å². The Bertz CT molecular complexity index is 899. The van der Waals surface area contributed by atoms with Crippen LogP contribution in [-0.2, 0) is 9.59 Å². The van der Waals surface area contributed by atoms with Gasteiger partial charge in [-0.05, 0) is 29.3 Å². The van der Waals surface area contributed by atoms with Crippen molar-refractivity contribution in [2.24, 2.45) is 0 Å². The molecule has 3 rings (SSSR count). The van der Waals surface area contributed by atoms with Crippen molar-refractivity contribution in [2.45, 2.75) is 6.04 Å². The number of amides is 2. The maximum absolute atomic E-state index is 12.2. The third-order valence-corrected chi connectivity index (χ3v) is 3.82. The minimum atomic E-state index is -1.03. The van der Waals surface area contributed by atoms with Crippen molar-refractivity contribution >= 4 is 29.9 Å². The third-order valence-electron chi connectivity index (χ3n) is 3.82. The average molecular weight is 348 g/mol. The van der Waals surface area contributed by atoms with Crippen molar-refractivity contribution in [2.75, 3.05) is 0 Å². The molecule has 0 spiro atoms. The first-order chi connectivity index (χ1) is 12.5. The van der Waals surface area contributed by atoms with E-state index in [4.69, 9.17) is 5.11 Å². The number of carboxylic acids is 1. The highest BCUT2D eigenvalue weighted by Gasteiger charge is 2.27. The smallest absolute Gasteiger partial charge is 0.335 e. The fourth-order valence-corrected chi connectivity index (χ4v) is 2.45. The normalized spacial score (nSPS) is 18.6. The second-order valence-corrected chi connectivity index (χ2v) is 5.70. The number of piperazine rings is 1. The monoisotopic (exact) mass is 348 g/mol. The number of benzene rings is 2. The van der Waals surface area contributed by atoms with Crippen molar-refractivity contribution in [3.63, 3.8) is 0 Å². The van der Waals surface area contributed by atoms with Gasteiger partial charge in [0, 0.05) is 0 Å².